The van der Waals surface area contributed by atoms with Crippen LogP contribution < -0.4 is 0 Å². The second kappa shape index (κ2) is 5.14. The summed E-state index contributed by atoms with van der Waals surface area (Å²) in [5, 5.41) is 14.5. The Hall–Kier alpha value is -2.47. The largest absolute Gasteiger partial charge is 0.465 e. The first kappa shape index (κ1) is 13.5. The fourth-order valence-electron chi connectivity index (χ4n) is 2.57. The molecule has 0 radical (unpaired) electrons. The number of esters is 1. The smallest absolute Gasteiger partial charge is 0.338 e. The molecule has 0 amide bonds. The van der Waals surface area contributed by atoms with Gasteiger partial charge in [0.05, 0.1) is 24.1 Å². The van der Waals surface area contributed by atoms with E-state index < -0.39 is 12.1 Å². The van der Waals surface area contributed by atoms with Crippen LogP contribution in [0.4, 0.5) is 0 Å². The number of aliphatic hydroxyl groups is 1. The lowest BCUT2D eigenvalue weighted by atomic mass is 10.0. The number of carbonyl (C=O) groups is 1. The first-order valence-electron chi connectivity index (χ1n) is 6.54. The van der Waals surface area contributed by atoms with E-state index in [0.717, 1.165) is 11.1 Å². The Morgan fingerprint density at radius 3 is 2.90 bits per heavy atom. The molecule has 1 unspecified atom stereocenters. The molecule has 1 atom stereocenters. The highest BCUT2D eigenvalue weighted by molar-refractivity contribution is 5.92. The summed E-state index contributed by atoms with van der Waals surface area (Å²) in [6.07, 6.45) is 4.73. The van der Waals surface area contributed by atoms with Gasteiger partial charge in [-0.15, -0.1) is 0 Å². The molecule has 0 aliphatic heterocycles. The van der Waals surface area contributed by atoms with E-state index in [0.29, 0.717) is 23.4 Å². The van der Waals surface area contributed by atoms with E-state index in [9.17, 15) is 9.90 Å². The highest BCUT2D eigenvalue weighted by Crippen LogP contribution is 2.33. The van der Waals surface area contributed by atoms with Crippen molar-refractivity contribution in [3.8, 4) is 0 Å². The topological polar surface area (TPSA) is 77.2 Å². The van der Waals surface area contributed by atoms with Crippen molar-refractivity contribution < 1.29 is 14.6 Å². The van der Waals surface area contributed by atoms with Crippen LogP contribution in [-0.2, 0) is 18.2 Å². The minimum atomic E-state index is -0.766. The summed E-state index contributed by atoms with van der Waals surface area (Å²) in [7, 11) is 3.13. The van der Waals surface area contributed by atoms with Gasteiger partial charge in [0.25, 0.3) is 0 Å². The number of ether oxygens (including phenoxy) is 1. The van der Waals surface area contributed by atoms with Crippen LogP contribution in [0.25, 0.3) is 6.08 Å². The van der Waals surface area contributed by atoms with Crippen molar-refractivity contribution in [2.24, 2.45) is 7.05 Å². The third-order valence-electron chi connectivity index (χ3n) is 3.69. The summed E-state index contributed by atoms with van der Waals surface area (Å²) in [5.41, 5.74) is 3.48. The number of hydrogen-bond donors (Lipinski definition) is 1. The molecule has 1 aliphatic carbocycles. The van der Waals surface area contributed by atoms with Gasteiger partial charge in [-0.05, 0) is 35.8 Å². The zero-order valence-corrected chi connectivity index (χ0v) is 11.8. The quantitative estimate of drug-likeness (QED) is 0.859. The van der Waals surface area contributed by atoms with Crippen LogP contribution in [0.5, 0.6) is 0 Å². The number of fused-ring (bicyclic) bond motifs is 1. The van der Waals surface area contributed by atoms with Gasteiger partial charge in [-0.1, -0.05) is 0 Å². The van der Waals surface area contributed by atoms with Gasteiger partial charge in [0.15, 0.2) is 0 Å². The molecule has 3 rings (SSSR count). The van der Waals surface area contributed by atoms with Gasteiger partial charge in [0.2, 0.25) is 0 Å². The summed E-state index contributed by atoms with van der Waals surface area (Å²) in [6, 6.07) is 3.40. The molecule has 6 heteroatoms. The third kappa shape index (κ3) is 2.23. The molecule has 6 nitrogen and oxygen atoms in total. The van der Waals surface area contributed by atoms with Gasteiger partial charge in [0, 0.05) is 19.4 Å². The van der Waals surface area contributed by atoms with E-state index in [-0.39, 0.29) is 0 Å². The van der Waals surface area contributed by atoms with Crippen LogP contribution in [0, 0.1) is 0 Å². The summed E-state index contributed by atoms with van der Waals surface area (Å²) in [6.45, 7) is 0. The maximum Gasteiger partial charge on any atom is 0.338 e. The molecule has 1 aliphatic rings. The average Bonchev–Trinajstić information content (AvgIpc) is 3.11. The van der Waals surface area contributed by atoms with E-state index in [4.69, 9.17) is 4.74 Å². The SMILES string of the molecule is COC(=O)c1ccnc2c1CC(C(O)c1ccnn1C)=C2. The van der Waals surface area contributed by atoms with Crippen LogP contribution in [0.2, 0.25) is 0 Å². The number of nitrogens with zero attached hydrogens (tertiary/aromatic N) is 3. The number of methoxy groups -OCH3 is 1. The fraction of sp³-hybridized carbons (Fsp3) is 0.267. The lowest BCUT2D eigenvalue weighted by Gasteiger charge is -2.12. The number of aromatic nitrogens is 3. The Morgan fingerprint density at radius 2 is 2.24 bits per heavy atom. The molecule has 2 aromatic rings. The normalized spacial score (nSPS) is 14.5. The number of aryl methyl sites for hydroxylation is 1. The number of aliphatic hydroxyl groups excluding tert-OH is 1. The molecule has 0 fully saturated rings. The lowest BCUT2D eigenvalue weighted by Crippen LogP contribution is -2.10. The lowest BCUT2D eigenvalue weighted by molar-refractivity contribution is 0.0599. The number of rotatable bonds is 3. The second-order valence-corrected chi connectivity index (χ2v) is 4.89. The standard InChI is InChI=1S/C15H15N3O3/c1-18-13(4-6-17-18)14(19)9-7-11-10(15(20)21-2)3-5-16-12(11)8-9/h3-6,8,14,19H,7H2,1-2H3. The molecule has 0 saturated heterocycles. The van der Waals surface area contributed by atoms with Gasteiger partial charge in [-0.25, -0.2) is 4.79 Å². The molecule has 0 saturated carbocycles. The Kier molecular flexibility index (Phi) is 3.31. The number of hydrogen-bond acceptors (Lipinski definition) is 5. The van der Waals surface area contributed by atoms with Gasteiger partial charge in [0.1, 0.15) is 6.10 Å². The zero-order chi connectivity index (χ0) is 15.0. The molecule has 21 heavy (non-hydrogen) atoms. The Morgan fingerprint density at radius 1 is 1.43 bits per heavy atom. The summed E-state index contributed by atoms with van der Waals surface area (Å²) in [5.74, 6) is -0.390. The molecule has 2 aromatic heterocycles. The van der Waals surface area contributed by atoms with Crippen molar-refractivity contribution in [2.75, 3.05) is 7.11 Å². The van der Waals surface area contributed by atoms with Crippen molar-refractivity contribution in [1.29, 1.82) is 0 Å². The van der Waals surface area contributed by atoms with Gasteiger partial charge in [-0.2, -0.15) is 5.10 Å². The molecule has 1 N–H and O–H groups in total. The minimum Gasteiger partial charge on any atom is -0.465 e. The molecule has 108 valence electrons. The van der Waals surface area contributed by atoms with Crippen LogP contribution >= 0.6 is 0 Å². The number of pyridine rings is 1. The zero-order valence-electron chi connectivity index (χ0n) is 11.8. The molecule has 0 aromatic carbocycles. The Bertz CT molecular complexity index is 734. The fourth-order valence-corrected chi connectivity index (χ4v) is 2.57. The first-order valence-corrected chi connectivity index (χ1v) is 6.54. The first-order chi connectivity index (χ1) is 10.1. The summed E-state index contributed by atoms with van der Waals surface area (Å²) in [4.78, 5) is 16.0. The van der Waals surface area contributed by atoms with E-state index >= 15 is 0 Å². The maximum atomic E-state index is 11.8. The van der Waals surface area contributed by atoms with E-state index in [1.54, 1.807) is 36.3 Å². The van der Waals surface area contributed by atoms with Crippen LogP contribution in [0.1, 0.15) is 33.4 Å². The Labute approximate surface area is 121 Å². The molecule has 2 heterocycles. The van der Waals surface area contributed by atoms with Crippen molar-refractivity contribution in [3.05, 3.63) is 52.6 Å². The van der Waals surface area contributed by atoms with Crippen LogP contribution in [-0.4, -0.2) is 33.0 Å². The van der Waals surface area contributed by atoms with E-state index in [1.165, 1.54) is 7.11 Å². The second-order valence-electron chi connectivity index (χ2n) is 4.89. The van der Waals surface area contributed by atoms with E-state index in [2.05, 4.69) is 10.1 Å². The average molecular weight is 285 g/mol. The van der Waals surface area contributed by atoms with Gasteiger partial charge >= 0.3 is 5.97 Å². The third-order valence-corrected chi connectivity index (χ3v) is 3.69. The van der Waals surface area contributed by atoms with Gasteiger partial charge in [-0.3, -0.25) is 9.67 Å². The molecule has 0 spiro atoms. The minimum absolute atomic E-state index is 0.390. The van der Waals surface area contributed by atoms with Crippen molar-refractivity contribution in [3.63, 3.8) is 0 Å². The molecular formula is C15H15N3O3. The van der Waals surface area contributed by atoms with Gasteiger partial charge < -0.3 is 9.84 Å². The summed E-state index contributed by atoms with van der Waals surface area (Å²) >= 11 is 0. The predicted octanol–water partition coefficient (Wildman–Crippen LogP) is 1.27. The van der Waals surface area contributed by atoms with Crippen molar-refractivity contribution >= 4 is 12.0 Å². The molecule has 0 bridgehead atoms. The van der Waals surface area contributed by atoms with Crippen LogP contribution in [0.15, 0.2) is 30.1 Å². The van der Waals surface area contributed by atoms with Crippen molar-refractivity contribution in [1.82, 2.24) is 14.8 Å². The Balaban J connectivity index is 1.93. The highest BCUT2D eigenvalue weighted by atomic mass is 16.5. The monoisotopic (exact) mass is 285 g/mol. The molecular weight excluding hydrogens is 270 g/mol. The van der Waals surface area contributed by atoms with Crippen molar-refractivity contribution in [2.45, 2.75) is 12.5 Å². The maximum absolute atomic E-state index is 11.8. The van der Waals surface area contributed by atoms with Crippen LogP contribution in [0.3, 0.4) is 0 Å². The van der Waals surface area contributed by atoms with E-state index in [1.807, 2.05) is 6.08 Å². The summed E-state index contributed by atoms with van der Waals surface area (Å²) < 4.78 is 6.41. The highest BCUT2D eigenvalue weighted by Gasteiger charge is 2.26. The predicted molar refractivity (Wildman–Crippen MR) is 75.4 cm³/mol. The number of carbonyl (C=O) groups excluding carboxylic acids is 1.